The van der Waals surface area contributed by atoms with E-state index in [0.29, 0.717) is 30.2 Å². The lowest BCUT2D eigenvalue weighted by Crippen LogP contribution is -2.35. The van der Waals surface area contributed by atoms with Crippen LogP contribution in [-0.2, 0) is 17.7 Å². The zero-order chi connectivity index (χ0) is 17.4. The summed E-state index contributed by atoms with van der Waals surface area (Å²) < 4.78 is 5.73. The molecular weight excluding hydrogens is 360 g/mol. The van der Waals surface area contributed by atoms with Crippen LogP contribution in [0.4, 0.5) is 9.93 Å². The van der Waals surface area contributed by atoms with E-state index in [4.69, 9.17) is 4.74 Å². The van der Waals surface area contributed by atoms with Crippen LogP contribution in [0.25, 0.3) is 10.2 Å². The van der Waals surface area contributed by atoms with E-state index in [0.717, 1.165) is 20.8 Å². The Balaban J connectivity index is 1.51. The molecule has 0 aliphatic carbocycles. The molecule has 0 bridgehead atoms. The van der Waals surface area contributed by atoms with Gasteiger partial charge < -0.3 is 9.64 Å². The predicted molar refractivity (Wildman–Crippen MR) is 96.2 cm³/mol. The molecule has 1 N–H and O–H groups in total. The van der Waals surface area contributed by atoms with Gasteiger partial charge in [-0.05, 0) is 18.2 Å². The minimum atomic E-state index is -0.345. The van der Waals surface area contributed by atoms with Gasteiger partial charge in [0.15, 0.2) is 5.13 Å². The number of fused-ring (bicyclic) bond motifs is 2. The largest absolute Gasteiger partial charge is 0.453 e. The van der Waals surface area contributed by atoms with Gasteiger partial charge in [0.25, 0.3) is 5.91 Å². The molecule has 25 heavy (non-hydrogen) atoms. The number of rotatable bonds is 2. The van der Waals surface area contributed by atoms with Crippen LogP contribution in [0, 0.1) is 0 Å². The lowest BCUT2D eigenvalue weighted by atomic mass is 10.2. The first-order valence-corrected chi connectivity index (χ1v) is 9.30. The van der Waals surface area contributed by atoms with Crippen LogP contribution in [0.2, 0.25) is 0 Å². The number of nitrogens with zero attached hydrogens (tertiary/aromatic N) is 3. The van der Waals surface area contributed by atoms with Crippen molar-refractivity contribution in [2.45, 2.75) is 13.0 Å². The van der Waals surface area contributed by atoms with Crippen LogP contribution in [-0.4, -0.2) is 40.5 Å². The van der Waals surface area contributed by atoms with Crippen molar-refractivity contribution in [3.05, 3.63) is 39.8 Å². The molecule has 0 saturated heterocycles. The molecule has 4 rings (SSSR count). The number of hydrogen-bond acceptors (Lipinski definition) is 7. The second-order valence-electron chi connectivity index (χ2n) is 5.52. The molecule has 2 aromatic heterocycles. The molecule has 9 heteroatoms. The summed E-state index contributed by atoms with van der Waals surface area (Å²) in [6.07, 6.45) is 0.311. The third-order valence-corrected chi connectivity index (χ3v) is 5.77. The number of hydrogen-bond donors (Lipinski definition) is 1. The highest BCUT2D eigenvalue weighted by molar-refractivity contribution is 7.16. The lowest BCUT2D eigenvalue weighted by molar-refractivity contribution is 0.102. The number of carbonyl (C=O) groups is 2. The summed E-state index contributed by atoms with van der Waals surface area (Å²) in [5.74, 6) is -0.203. The average Bonchev–Trinajstić information content (AvgIpc) is 3.25. The fourth-order valence-electron chi connectivity index (χ4n) is 2.70. The predicted octanol–water partition coefficient (Wildman–Crippen LogP) is 3.13. The van der Waals surface area contributed by atoms with Crippen molar-refractivity contribution in [2.75, 3.05) is 19.0 Å². The van der Waals surface area contributed by atoms with Crippen molar-refractivity contribution >= 4 is 50.0 Å². The maximum absolute atomic E-state index is 12.5. The Labute approximate surface area is 151 Å². The second-order valence-corrected chi connectivity index (χ2v) is 7.49. The van der Waals surface area contributed by atoms with Crippen molar-refractivity contribution in [3.63, 3.8) is 0 Å². The highest BCUT2D eigenvalue weighted by atomic mass is 32.1. The Morgan fingerprint density at radius 1 is 1.36 bits per heavy atom. The van der Waals surface area contributed by atoms with Crippen molar-refractivity contribution in [1.82, 2.24) is 14.9 Å². The number of ether oxygens (including phenoxy) is 1. The van der Waals surface area contributed by atoms with E-state index >= 15 is 0 Å². The minimum Gasteiger partial charge on any atom is -0.453 e. The molecule has 3 aromatic rings. The molecule has 0 unspecified atom stereocenters. The van der Waals surface area contributed by atoms with Crippen LogP contribution >= 0.6 is 22.7 Å². The highest BCUT2D eigenvalue weighted by Crippen LogP contribution is 2.29. The van der Waals surface area contributed by atoms with E-state index in [9.17, 15) is 9.59 Å². The number of aromatic nitrogens is 2. The zero-order valence-electron chi connectivity index (χ0n) is 13.3. The molecule has 1 aromatic carbocycles. The molecule has 0 spiro atoms. The van der Waals surface area contributed by atoms with Crippen LogP contribution in [0.1, 0.15) is 20.9 Å². The number of amides is 2. The molecule has 7 nitrogen and oxygen atoms in total. The molecule has 0 atom stereocenters. The Morgan fingerprint density at radius 2 is 2.24 bits per heavy atom. The quantitative estimate of drug-likeness (QED) is 0.745. The summed E-state index contributed by atoms with van der Waals surface area (Å²) >= 11 is 2.89. The fourth-order valence-corrected chi connectivity index (χ4v) is 4.43. The summed E-state index contributed by atoms with van der Waals surface area (Å²) in [5, 5.41) is 3.40. The molecule has 128 valence electrons. The topological polar surface area (TPSA) is 84.4 Å². The normalized spacial score (nSPS) is 13.6. The van der Waals surface area contributed by atoms with Crippen LogP contribution < -0.4 is 5.32 Å². The number of nitrogens with one attached hydrogen (secondary N) is 1. The number of thiazole rings is 2. The van der Waals surface area contributed by atoms with Crippen LogP contribution in [0.15, 0.2) is 23.7 Å². The van der Waals surface area contributed by atoms with E-state index in [1.807, 2.05) is 12.1 Å². The fraction of sp³-hybridized carbons (Fsp3) is 0.250. The van der Waals surface area contributed by atoms with Gasteiger partial charge in [0.1, 0.15) is 0 Å². The molecule has 0 radical (unpaired) electrons. The van der Waals surface area contributed by atoms with Gasteiger partial charge >= 0.3 is 6.09 Å². The first-order chi connectivity index (χ1) is 12.1. The first-order valence-electron chi connectivity index (χ1n) is 7.60. The molecule has 2 amide bonds. The Bertz CT molecular complexity index is 965. The summed E-state index contributed by atoms with van der Waals surface area (Å²) in [7, 11) is 1.37. The van der Waals surface area contributed by atoms with Crippen LogP contribution in [0.3, 0.4) is 0 Å². The Hall–Kier alpha value is -2.52. The van der Waals surface area contributed by atoms with Crippen molar-refractivity contribution in [2.24, 2.45) is 0 Å². The van der Waals surface area contributed by atoms with Gasteiger partial charge in [-0.1, -0.05) is 11.3 Å². The van der Waals surface area contributed by atoms with Gasteiger partial charge in [0.05, 0.1) is 35.1 Å². The third-order valence-electron chi connectivity index (χ3n) is 3.98. The standard InChI is InChI=1S/C16H14N4O3S2/c1-23-16(22)20-5-4-11-13(7-20)25-15(18-11)19-14(21)9-2-3-10-12(6-9)24-8-17-10/h2-3,6,8H,4-5,7H2,1H3,(H,18,19,21). The molecule has 1 aliphatic heterocycles. The van der Waals surface area contributed by atoms with Gasteiger partial charge in [-0.3, -0.25) is 10.1 Å². The first kappa shape index (κ1) is 16.0. The maximum Gasteiger partial charge on any atom is 0.409 e. The Kier molecular flexibility index (Phi) is 4.10. The average molecular weight is 374 g/mol. The monoisotopic (exact) mass is 374 g/mol. The van der Waals surface area contributed by atoms with E-state index < -0.39 is 0 Å². The van der Waals surface area contributed by atoms with E-state index in [1.54, 1.807) is 16.5 Å². The van der Waals surface area contributed by atoms with Crippen molar-refractivity contribution in [3.8, 4) is 0 Å². The molecular formula is C16H14N4O3S2. The van der Waals surface area contributed by atoms with Gasteiger partial charge in [0.2, 0.25) is 0 Å². The summed E-state index contributed by atoms with van der Waals surface area (Å²) in [6, 6.07) is 5.42. The zero-order valence-corrected chi connectivity index (χ0v) is 14.9. The number of anilines is 1. The highest BCUT2D eigenvalue weighted by Gasteiger charge is 2.25. The van der Waals surface area contributed by atoms with E-state index in [2.05, 4.69) is 15.3 Å². The van der Waals surface area contributed by atoms with Crippen molar-refractivity contribution in [1.29, 1.82) is 0 Å². The number of methoxy groups -OCH3 is 1. The number of carbonyl (C=O) groups excluding carboxylic acids is 2. The minimum absolute atomic E-state index is 0.203. The molecule has 1 aliphatic rings. The summed E-state index contributed by atoms with van der Waals surface area (Å²) in [6.45, 7) is 1.03. The van der Waals surface area contributed by atoms with Crippen LogP contribution in [0.5, 0.6) is 0 Å². The van der Waals surface area contributed by atoms with E-state index in [-0.39, 0.29) is 12.0 Å². The Morgan fingerprint density at radius 3 is 3.08 bits per heavy atom. The molecule has 3 heterocycles. The lowest BCUT2D eigenvalue weighted by Gasteiger charge is -2.24. The molecule has 0 saturated carbocycles. The van der Waals surface area contributed by atoms with Gasteiger partial charge in [-0.15, -0.1) is 11.3 Å². The van der Waals surface area contributed by atoms with Gasteiger partial charge in [-0.25, -0.2) is 14.8 Å². The van der Waals surface area contributed by atoms with Crippen molar-refractivity contribution < 1.29 is 14.3 Å². The second kappa shape index (κ2) is 6.41. The number of benzene rings is 1. The SMILES string of the molecule is COC(=O)N1CCc2nc(NC(=O)c3ccc4ncsc4c3)sc2C1. The smallest absolute Gasteiger partial charge is 0.409 e. The third kappa shape index (κ3) is 3.08. The molecule has 0 fully saturated rings. The van der Waals surface area contributed by atoms with E-state index in [1.165, 1.54) is 29.8 Å². The summed E-state index contributed by atoms with van der Waals surface area (Å²) in [4.78, 5) is 35.4. The maximum atomic E-state index is 12.5. The summed E-state index contributed by atoms with van der Waals surface area (Å²) in [5.41, 5.74) is 4.14. The van der Waals surface area contributed by atoms with Gasteiger partial charge in [-0.2, -0.15) is 0 Å². The van der Waals surface area contributed by atoms with Gasteiger partial charge in [0, 0.05) is 23.4 Å².